The average molecular weight is 431 g/mol. The van der Waals surface area contributed by atoms with E-state index in [1.807, 2.05) is 42.2 Å². The number of aromatic nitrogens is 1. The third-order valence-electron chi connectivity index (χ3n) is 6.04. The number of hydrogen-bond donors (Lipinski definition) is 2. The number of benzene rings is 2. The maximum atomic E-state index is 10.7. The lowest BCUT2D eigenvalue weighted by molar-refractivity contribution is 0.411. The SMILES string of the molecule is Cc1sc(C2=C(O)CN(c3ccc(N4CCCCC4)cc3)C2=N)nc1-c1ccccc1. The third-order valence-corrected chi connectivity index (χ3v) is 7.03. The van der Waals surface area contributed by atoms with Crippen LogP contribution < -0.4 is 9.80 Å². The van der Waals surface area contributed by atoms with Gasteiger partial charge in [0.15, 0.2) is 0 Å². The number of amidine groups is 1. The lowest BCUT2D eigenvalue weighted by Gasteiger charge is -2.29. The second-order valence-corrected chi connectivity index (χ2v) is 9.31. The van der Waals surface area contributed by atoms with E-state index in [9.17, 15) is 5.11 Å². The van der Waals surface area contributed by atoms with Gasteiger partial charge in [-0.2, -0.15) is 0 Å². The minimum absolute atomic E-state index is 0.207. The standard InChI is InChI=1S/C25H26N4OS/c1-17-23(18-8-4-2-5-9-18)27-25(31-17)22-21(30)16-29(24(22)26)20-12-10-19(11-13-20)28-14-6-3-7-15-28/h2,4-5,8-13,26,30H,3,6-7,14-16H2,1H3. The molecule has 0 spiro atoms. The molecule has 0 bridgehead atoms. The molecule has 0 aliphatic carbocycles. The fraction of sp³-hybridized carbons (Fsp3) is 0.280. The first kappa shape index (κ1) is 19.8. The van der Waals surface area contributed by atoms with Gasteiger partial charge in [-0.25, -0.2) is 4.98 Å². The van der Waals surface area contributed by atoms with Crippen molar-refractivity contribution in [2.45, 2.75) is 26.2 Å². The summed E-state index contributed by atoms with van der Waals surface area (Å²) in [5.41, 5.74) is 4.66. The molecule has 6 heteroatoms. The summed E-state index contributed by atoms with van der Waals surface area (Å²) in [4.78, 5) is 10.1. The summed E-state index contributed by atoms with van der Waals surface area (Å²) >= 11 is 1.53. The highest BCUT2D eigenvalue weighted by molar-refractivity contribution is 7.13. The van der Waals surface area contributed by atoms with Gasteiger partial charge in [-0.05, 0) is 50.5 Å². The van der Waals surface area contributed by atoms with Crippen molar-refractivity contribution >= 4 is 34.1 Å². The molecular weight excluding hydrogens is 404 g/mol. The van der Waals surface area contributed by atoms with Gasteiger partial charge < -0.3 is 14.9 Å². The summed E-state index contributed by atoms with van der Waals surface area (Å²) in [5.74, 6) is 0.509. The molecule has 1 aromatic heterocycles. The summed E-state index contributed by atoms with van der Waals surface area (Å²) < 4.78 is 0. The molecule has 0 amide bonds. The number of nitrogens with one attached hydrogen (secondary N) is 1. The van der Waals surface area contributed by atoms with Crippen LogP contribution in [-0.4, -0.2) is 35.6 Å². The van der Waals surface area contributed by atoms with Crippen molar-refractivity contribution in [3.63, 3.8) is 0 Å². The van der Waals surface area contributed by atoms with Crippen LogP contribution in [0.25, 0.3) is 16.8 Å². The number of aliphatic hydroxyl groups excluding tert-OH is 1. The second kappa shape index (κ2) is 8.19. The van der Waals surface area contributed by atoms with Crippen LogP contribution in [0.3, 0.4) is 0 Å². The van der Waals surface area contributed by atoms with Crippen LogP contribution in [0.4, 0.5) is 11.4 Å². The van der Waals surface area contributed by atoms with Gasteiger partial charge >= 0.3 is 0 Å². The number of anilines is 2. The van der Waals surface area contributed by atoms with E-state index in [1.165, 1.54) is 36.3 Å². The molecule has 1 fully saturated rings. The number of rotatable bonds is 4. The first-order valence-electron chi connectivity index (χ1n) is 10.8. The van der Waals surface area contributed by atoms with E-state index in [-0.39, 0.29) is 5.76 Å². The van der Waals surface area contributed by atoms with Gasteiger partial charge in [0.2, 0.25) is 0 Å². The smallest absolute Gasteiger partial charge is 0.139 e. The largest absolute Gasteiger partial charge is 0.510 e. The summed E-state index contributed by atoms with van der Waals surface area (Å²) in [7, 11) is 0. The van der Waals surface area contributed by atoms with Crippen molar-refractivity contribution < 1.29 is 5.11 Å². The molecule has 3 heterocycles. The summed E-state index contributed by atoms with van der Waals surface area (Å²) in [6, 6.07) is 18.4. The lowest BCUT2D eigenvalue weighted by Crippen LogP contribution is -2.29. The Morgan fingerprint density at radius 1 is 0.935 bits per heavy atom. The summed E-state index contributed by atoms with van der Waals surface area (Å²) in [6.07, 6.45) is 3.81. The molecule has 2 aliphatic rings. The molecule has 3 aromatic rings. The summed E-state index contributed by atoms with van der Waals surface area (Å²) in [6.45, 7) is 4.56. The Kier molecular flexibility index (Phi) is 5.24. The molecular formula is C25H26N4OS. The number of nitrogens with zero attached hydrogens (tertiary/aromatic N) is 3. The molecule has 1 saturated heterocycles. The highest BCUT2D eigenvalue weighted by atomic mass is 32.1. The van der Waals surface area contributed by atoms with E-state index >= 15 is 0 Å². The number of aryl methyl sites for hydroxylation is 1. The molecule has 5 nitrogen and oxygen atoms in total. The van der Waals surface area contributed by atoms with Crippen LogP contribution in [0.5, 0.6) is 0 Å². The van der Waals surface area contributed by atoms with Crippen LogP contribution in [0, 0.1) is 12.3 Å². The monoisotopic (exact) mass is 430 g/mol. The number of aliphatic hydroxyl groups is 1. The van der Waals surface area contributed by atoms with E-state index in [0.29, 0.717) is 23.0 Å². The van der Waals surface area contributed by atoms with E-state index in [0.717, 1.165) is 34.9 Å². The molecule has 31 heavy (non-hydrogen) atoms. The van der Waals surface area contributed by atoms with E-state index in [1.54, 1.807) is 0 Å². The highest BCUT2D eigenvalue weighted by Gasteiger charge is 2.32. The van der Waals surface area contributed by atoms with E-state index in [2.05, 4.69) is 29.2 Å². The van der Waals surface area contributed by atoms with Crippen molar-refractivity contribution in [1.29, 1.82) is 5.41 Å². The molecule has 158 valence electrons. The van der Waals surface area contributed by atoms with E-state index in [4.69, 9.17) is 10.4 Å². The Balaban J connectivity index is 1.38. The summed E-state index contributed by atoms with van der Waals surface area (Å²) in [5, 5.41) is 20.2. The van der Waals surface area contributed by atoms with Crippen LogP contribution in [0.15, 0.2) is 60.4 Å². The fourth-order valence-electron chi connectivity index (χ4n) is 4.39. The maximum absolute atomic E-state index is 10.7. The molecule has 0 saturated carbocycles. The normalized spacial score (nSPS) is 17.0. The van der Waals surface area contributed by atoms with Crippen molar-refractivity contribution in [2.75, 3.05) is 29.4 Å². The second-order valence-electron chi connectivity index (χ2n) is 8.11. The van der Waals surface area contributed by atoms with Crippen molar-refractivity contribution in [3.05, 3.63) is 70.2 Å². The zero-order valence-corrected chi connectivity index (χ0v) is 18.5. The number of thiazole rings is 1. The maximum Gasteiger partial charge on any atom is 0.139 e. The Morgan fingerprint density at radius 2 is 1.61 bits per heavy atom. The first-order valence-corrected chi connectivity index (χ1v) is 11.6. The molecule has 2 aromatic carbocycles. The zero-order chi connectivity index (χ0) is 21.4. The number of piperidine rings is 1. The van der Waals surface area contributed by atoms with Crippen molar-refractivity contribution in [1.82, 2.24) is 4.98 Å². The minimum Gasteiger partial charge on any atom is -0.510 e. The van der Waals surface area contributed by atoms with Crippen LogP contribution in [0.2, 0.25) is 0 Å². The molecule has 5 rings (SSSR count). The predicted octanol–water partition coefficient (Wildman–Crippen LogP) is 5.88. The highest BCUT2D eigenvalue weighted by Crippen LogP contribution is 2.37. The van der Waals surface area contributed by atoms with Gasteiger partial charge in [-0.15, -0.1) is 11.3 Å². The van der Waals surface area contributed by atoms with Gasteiger partial charge in [-0.1, -0.05) is 30.3 Å². The molecule has 2 aliphatic heterocycles. The Morgan fingerprint density at radius 3 is 2.32 bits per heavy atom. The van der Waals surface area contributed by atoms with Gasteiger partial charge in [-0.3, -0.25) is 5.41 Å². The lowest BCUT2D eigenvalue weighted by atomic mass is 10.1. The Hall–Kier alpha value is -3.12. The van der Waals surface area contributed by atoms with E-state index < -0.39 is 0 Å². The molecule has 0 unspecified atom stereocenters. The zero-order valence-electron chi connectivity index (χ0n) is 17.6. The Bertz CT molecular complexity index is 1130. The minimum atomic E-state index is 0.207. The van der Waals surface area contributed by atoms with Crippen molar-refractivity contribution in [3.8, 4) is 11.3 Å². The topological polar surface area (TPSA) is 63.5 Å². The van der Waals surface area contributed by atoms with Gasteiger partial charge in [0.25, 0.3) is 0 Å². The van der Waals surface area contributed by atoms with Gasteiger partial charge in [0, 0.05) is 34.9 Å². The fourth-order valence-corrected chi connectivity index (χ4v) is 5.39. The molecule has 0 radical (unpaired) electrons. The Labute approximate surface area is 186 Å². The third kappa shape index (κ3) is 3.72. The van der Waals surface area contributed by atoms with Crippen LogP contribution in [0.1, 0.15) is 29.1 Å². The van der Waals surface area contributed by atoms with Crippen LogP contribution in [-0.2, 0) is 0 Å². The quantitative estimate of drug-likeness (QED) is 0.543. The number of hydrogen-bond acceptors (Lipinski definition) is 5. The van der Waals surface area contributed by atoms with Gasteiger partial charge in [0.1, 0.15) is 16.6 Å². The van der Waals surface area contributed by atoms with Gasteiger partial charge in [0.05, 0.1) is 17.8 Å². The van der Waals surface area contributed by atoms with Crippen LogP contribution >= 0.6 is 11.3 Å². The van der Waals surface area contributed by atoms with Crippen molar-refractivity contribution in [2.24, 2.45) is 0 Å². The molecule has 0 atom stereocenters. The first-order chi connectivity index (χ1) is 15.1. The predicted molar refractivity (Wildman–Crippen MR) is 129 cm³/mol. The molecule has 2 N–H and O–H groups in total. The average Bonchev–Trinajstić information content (AvgIpc) is 3.33.